The lowest BCUT2D eigenvalue weighted by atomic mass is 9.96. The van der Waals surface area contributed by atoms with E-state index in [0.29, 0.717) is 37.8 Å². The summed E-state index contributed by atoms with van der Waals surface area (Å²) in [6.07, 6.45) is 3.68. The number of hydrogen-bond acceptors (Lipinski definition) is 7. The largest absolute Gasteiger partial charge is 0.508 e. The lowest BCUT2D eigenvalue weighted by Crippen LogP contribution is -2.58. The van der Waals surface area contributed by atoms with Crippen molar-refractivity contribution in [3.05, 3.63) is 29.8 Å². The molecule has 0 spiro atoms. The third-order valence-electron chi connectivity index (χ3n) is 6.74. The Labute approximate surface area is 217 Å². The van der Waals surface area contributed by atoms with Crippen LogP contribution in [-0.2, 0) is 25.6 Å². The van der Waals surface area contributed by atoms with Crippen LogP contribution in [0.1, 0.15) is 57.9 Å². The van der Waals surface area contributed by atoms with Crippen LogP contribution >= 0.6 is 0 Å². The molecule has 1 aliphatic rings. The molecule has 0 radical (unpaired) electrons. The van der Waals surface area contributed by atoms with Gasteiger partial charge in [0.25, 0.3) is 0 Å². The number of unbranched alkanes of at least 4 members (excludes halogenated alkanes) is 1. The van der Waals surface area contributed by atoms with Gasteiger partial charge in [-0.05, 0) is 68.8 Å². The predicted octanol–water partition coefficient (Wildman–Crippen LogP) is 0.401. The van der Waals surface area contributed by atoms with Gasteiger partial charge < -0.3 is 37.2 Å². The van der Waals surface area contributed by atoms with Crippen molar-refractivity contribution < 1.29 is 29.4 Å². The highest BCUT2D eigenvalue weighted by Crippen LogP contribution is 2.14. The summed E-state index contributed by atoms with van der Waals surface area (Å²) in [6.45, 7) is 4.93. The average molecular weight is 520 g/mol. The predicted molar refractivity (Wildman–Crippen MR) is 139 cm³/mol. The SMILES string of the molecule is CCC(C)C(NC(=O)C1CCCN1)C(=O)NC(CCCCN)C(=O)NC(Cc1ccc(O)cc1)C(=O)O. The second kappa shape index (κ2) is 15.2. The van der Waals surface area contributed by atoms with Gasteiger partial charge in [-0.1, -0.05) is 32.4 Å². The molecule has 0 aliphatic carbocycles. The summed E-state index contributed by atoms with van der Waals surface area (Å²) in [7, 11) is 0. The molecule has 0 bridgehead atoms. The van der Waals surface area contributed by atoms with E-state index in [-0.39, 0.29) is 36.5 Å². The van der Waals surface area contributed by atoms with Crippen LogP contribution < -0.4 is 27.0 Å². The zero-order valence-electron chi connectivity index (χ0n) is 21.7. The summed E-state index contributed by atoms with van der Waals surface area (Å²) in [4.78, 5) is 51.0. The summed E-state index contributed by atoms with van der Waals surface area (Å²) in [6, 6.07) is 2.63. The van der Waals surface area contributed by atoms with Crippen LogP contribution in [0, 0.1) is 5.92 Å². The number of aliphatic carboxylic acids is 1. The van der Waals surface area contributed by atoms with Crippen molar-refractivity contribution >= 4 is 23.7 Å². The zero-order valence-corrected chi connectivity index (χ0v) is 21.7. The zero-order chi connectivity index (χ0) is 27.4. The number of carboxylic acid groups (broad SMARTS) is 1. The number of hydrogen-bond donors (Lipinski definition) is 7. The van der Waals surface area contributed by atoms with Crippen LogP contribution in [0.4, 0.5) is 0 Å². The van der Waals surface area contributed by atoms with Gasteiger partial charge >= 0.3 is 5.97 Å². The van der Waals surface area contributed by atoms with Crippen molar-refractivity contribution in [3.63, 3.8) is 0 Å². The summed E-state index contributed by atoms with van der Waals surface area (Å²) < 4.78 is 0. The molecule has 1 fully saturated rings. The lowest BCUT2D eigenvalue weighted by molar-refractivity contribution is -0.142. The minimum absolute atomic E-state index is 0.00472. The van der Waals surface area contributed by atoms with Crippen molar-refractivity contribution in [3.8, 4) is 5.75 Å². The number of carbonyl (C=O) groups excluding carboxylic acids is 3. The fourth-order valence-electron chi connectivity index (χ4n) is 4.23. The Bertz CT molecular complexity index is 903. The highest BCUT2D eigenvalue weighted by molar-refractivity contribution is 5.94. The molecular formula is C26H41N5O6. The topological polar surface area (TPSA) is 183 Å². The average Bonchev–Trinajstić information content (AvgIpc) is 3.42. The third kappa shape index (κ3) is 9.66. The normalized spacial score (nSPS) is 18.3. The summed E-state index contributed by atoms with van der Waals surface area (Å²) in [5, 5.41) is 30.4. The smallest absolute Gasteiger partial charge is 0.326 e. The van der Waals surface area contributed by atoms with Gasteiger partial charge in [-0.3, -0.25) is 14.4 Å². The lowest BCUT2D eigenvalue weighted by Gasteiger charge is -2.28. The Hall–Kier alpha value is -3.18. The van der Waals surface area contributed by atoms with Gasteiger partial charge in [-0.25, -0.2) is 4.79 Å². The monoisotopic (exact) mass is 519 g/mol. The van der Waals surface area contributed by atoms with E-state index >= 15 is 0 Å². The van der Waals surface area contributed by atoms with E-state index in [1.165, 1.54) is 12.1 Å². The number of rotatable bonds is 15. The maximum Gasteiger partial charge on any atom is 0.326 e. The van der Waals surface area contributed by atoms with Gasteiger partial charge in [0, 0.05) is 6.42 Å². The molecule has 0 aromatic heterocycles. The van der Waals surface area contributed by atoms with Gasteiger partial charge in [-0.15, -0.1) is 0 Å². The number of amides is 3. The molecule has 1 aliphatic heterocycles. The van der Waals surface area contributed by atoms with Crippen LogP contribution in [0.25, 0.3) is 0 Å². The molecule has 0 saturated carbocycles. The van der Waals surface area contributed by atoms with E-state index in [2.05, 4.69) is 21.3 Å². The molecule has 11 heteroatoms. The van der Waals surface area contributed by atoms with Crippen molar-refractivity contribution in [1.29, 1.82) is 0 Å². The van der Waals surface area contributed by atoms with Crippen LogP contribution in [-0.4, -0.2) is 71.2 Å². The summed E-state index contributed by atoms with van der Waals surface area (Å²) in [5.41, 5.74) is 6.21. The van der Waals surface area contributed by atoms with Crippen molar-refractivity contribution in [2.45, 2.75) is 83.0 Å². The van der Waals surface area contributed by atoms with Crippen molar-refractivity contribution in [1.82, 2.24) is 21.3 Å². The number of carbonyl (C=O) groups is 4. The summed E-state index contributed by atoms with van der Waals surface area (Å²) in [5.74, 6) is -2.71. The molecule has 1 saturated heterocycles. The number of phenolic OH excluding ortho intramolecular Hbond substituents is 1. The Kier molecular flexibility index (Phi) is 12.3. The van der Waals surface area contributed by atoms with E-state index in [9.17, 15) is 29.4 Å². The molecule has 5 atom stereocenters. The number of nitrogens with one attached hydrogen (secondary N) is 4. The van der Waals surface area contributed by atoms with Crippen LogP contribution in [0.2, 0.25) is 0 Å². The Morgan fingerprint density at radius 3 is 2.30 bits per heavy atom. The van der Waals surface area contributed by atoms with Gasteiger partial charge in [-0.2, -0.15) is 0 Å². The molecule has 1 aromatic rings. The molecule has 11 nitrogen and oxygen atoms in total. The minimum atomic E-state index is -1.23. The summed E-state index contributed by atoms with van der Waals surface area (Å²) >= 11 is 0. The van der Waals surface area contributed by atoms with Crippen molar-refractivity contribution in [2.75, 3.05) is 13.1 Å². The Balaban J connectivity index is 2.13. The maximum absolute atomic E-state index is 13.3. The Morgan fingerprint density at radius 1 is 1.05 bits per heavy atom. The molecule has 2 rings (SSSR count). The van der Waals surface area contributed by atoms with Crippen LogP contribution in [0.5, 0.6) is 5.75 Å². The number of benzene rings is 1. The van der Waals surface area contributed by atoms with Gasteiger partial charge in [0.2, 0.25) is 17.7 Å². The molecular weight excluding hydrogens is 478 g/mol. The fraction of sp³-hybridized carbons (Fsp3) is 0.615. The number of phenols is 1. The first-order valence-corrected chi connectivity index (χ1v) is 13.0. The van der Waals surface area contributed by atoms with E-state index in [0.717, 1.165) is 13.0 Å². The second-order valence-electron chi connectivity index (χ2n) is 9.64. The fourth-order valence-corrected chi connectivity index (χ4v) is 4.23. The van der Waals surface area contributed by atoms with Gasteiger partial charge in [0.05, 0.1) is 6.04 Å². The van der Waals surface area contributed by atoms with E-state index in [4.69, 9.17) is 5.73 Å². The quantitative estimate of drug-likeness (QED) is 0.162. The van der Waals surface area contributed by atoms with E-state index < -0.39 is 35.9 Å². The van der Waals surface area contributed by atoms with Crippen molar-refractivity contribution in [2.24, 2.45) is 11.7 Å². The molecule has 5 unspecified atom stereocenters. The first-order chi connectivity index (χ1) is 17.7. The highest BCUT2D eigenvalue weighted by Gasteiger charge is 2.33. The molecule has 1 heterocycles. The number of nitrogens with two attached hydrogens (primary N) is 1. The van der Waals surface area contributed by atoms with E-state index in [1.807, 2.05) is 13.8 Å². The first-order valence-electron chi connectivity index (χ1n) is 13.0. The molecule has 37 heavy (non-hydrogen) atoms. The molecule has 206 valence electrons. The van der Waals surface area contributed by atoms with Gasteiger partial charge in [0.1, 0.15) is 23.9 Å². The van der Waals surface area contributed by atoms with Crippen LogP contribution in [0.3, 0.4) is 0 Å². The molecule has 1 aromatic carbocycles. The van der Waals surface area contributed by atoms with E-state index in [1.54, 1.807) is 12.1 Å². The third-order valence-corrected chi connectivity index (χ3v) is 6.74. The van der Waals surface area contributed by atoms with Gasteiger partial charge in [0.15, 0.2) is 0 Å². The minimum Gasteiger partial charge on any atom is -0.508 e. The first kappa shape index (κ1) is 30.0. The molecule has 8 N–H and O–H groups in total. The number of carboxylic acids is 1. The molecule has 3 amide bonds. The van der Waals surface area contributed by atoms with Crippen LogP contribution in [0.15, 0.2) is 24.3 Å². The number of aromatic hydroxyl groups is 1. The second-order valence-corrected chi connectivity index (χ2v) is 9.64. The Morgan fingerprint density at radius 2 is 1.73 bits per heavy atom. The highest BCUT2D eigenvalue weighted by atomic mass is 16.4. The standard InChI is InChI=1S/C26H41N5O6/c1-3-16(2)22(31-23(33)19-8-6-14-28-19)25(35)29-20(7-4-5-13-27)24(34)30-21(26(36)37)15-17-9-11-18(32)12-10-17/h9-12,16,19-22,28,32H,3-8,13-15,27H2,1-2H3,(H,29,35)(H,30,34)(H,31,33)(H,36,37). The maximum atomic E-state index is 13.3.